The van der Waals surface area contributed by atoms with E-state index in [1.165, 1.54) is 13.8 Å². The van der Waals surface area contributed by atoms with E-state index in [9.17, 15) is 29.4 Å². The van der Waals surface area contributed by atoms with Crippen molar-refractivity contribution in [3.63, 3.8) is 0 Å². The highest BCUT2D eigenvalue weighted by atomic mass is 16.6. The highest BCUT2D eigenvalue weighted by molar-refractivity contribution is 5.96. The smallest absolute Gasteiger partial charge is 0.334 e. The molecule has 4 aliphatic carbocycles. The molecule has 2 N–H and O–H groups in total. The molecular formula is C29H38O9. The van der Waals surface area contributed by atoms with Gasteiger partial charge < -0.3 is 24.4 Å². The lowest BCUT2D eigenvalue weighted by Gasteiger charge is -2.49. The Morgan fingerprint density at radius 2 is 1.79 bits per heavy atom. The topological polar surface area (TPSA) is 136 Å². The molecule has 9 heteroatoms. The third kappa shape index (κ3) is 3.88. The van der Waals surface area contributed by atoms with Gasteiger partial charge >= 0.3 is 17.9 Å². The fourth-order valence-corrected chi connectivity index (χ4v) is 7.35. The van der Waals surface area contributed by atoms with Crippen molar-refractivity contribution in [1.29, 1.82) is 0 Å². The van der Waals surface area contributed by atoms with Crippen LogP contribution in [0.3, 0.4) is 0 Å². The first-order chi connectivity index (χ1) is 17.7. The Labute approximate surface area is 222 Å². The maximum Gasteiger partial charge on any atom is 0.334 e. The number of aliphatic hydroxyl groups excluding tert-OH is 1. The van der Waals surface area contributed by atoms with Gasteiger partial charge in [-0.1, -0.05) is 32.1 Å². The number of esters is 3. The van der Waals surface area contributed by atoms with Crippen LogP contribution >= 0.6 is 0 Å². The molecule has 0 aromatic rings. The summed E-state index contributed by atoms with van der Waals surface area (Å²) in [5.41, 5.74) is -3.33. The van der Waals surface area contributed by atoms with Crippen LogP contribution in [-0.2, 0) is 33.4 Å². The van der Waals surface area contributed by atoms with Crippen LogP contribution in [-0.4, -0.2) is 64.9 Å². The second-order valence-electron chi connectivity index (χ2n) is 11.7. The second-order valence-corrected chi connectivity index (χ2v) is 11.7. The van der Waals surface area contributed by atoms with Gasteiger partial charge in [-0.3, -0.25) is 14.4 Å². The van der Waals surface area contributed by atoms with Gasteiger partial charge in [0.15, 0.2) is 17.5 Å². The number of allylic oxidation sites excluding steroid dienone is 2. The molecule has 0 radical (unpaired) electrons. The fraction of sp³-hybridized carbons (Fsp3) is 0.655. The third-order valence-electron chi connectivity index (χ3n) is 9.52. The highest BCUT2D eigenvalue weighted by Gasteiger charge is 2.77. The zero-order chi connectivity index (χ0) is 28.4. The zero-order valence-corrected chi connectivity index (χ0v) is 23.1. The predicted molar refractivity (Wildman–Crippen MR) is 135 cm³/mol. The summed E-state index contributed by atoms with van der Waals surface area (Å²) in [7, 11) is 0. The minimum absolute atomic E-state index is 0.0106. The van der Waals surface area contributed by atoms with E-state index in [0.29, 0.717) is 12.0 Å². The van der Waals surface area contributed by atoms with Crippen LogP contribution in [0.25, 0.3) is 0 Å². The van der Waals surface area contributed by atoms with E-state index in [1.807, 2.05) is 13.8 Å². The van der Waals surface area contributed by atoms with Crippen LogP contribution in [0.1, 0.15) is 54.9 Å². The van der Waals surface area contributed by atoms with Crippen LogP contribution < -0.4 is 0 Å². The van der Waals surface area contributed by atoms with Crippen molar-refractivity contribution in [3.05, 3.63) is 34.9 Å². The number of aliphatic hydroxyl groups is 2. The predicted octanol–water partition coefficient (Wildman–Crippen LogP) is 2.45. The summed E-state index contributed by atoms with van der Waals surface area (Å²) in [6, 6.07) is 0. The molecule has 2 fully saturated rings. The van der Waals surface area contributed by atoms with E-state index in [0.717, 1.165) is 0 Å². The van der Waals surface area contributed by atoms with Gasteiger partial charge in [-0.2, -0.15) is 0 Å². The summed E-state index contributed by atoms with van der Waals surface area (Å²) in [6.07, 6.45) is 2.44. The quantitative estimate of drug-likeness (QED) is 0.230. The maximum atomic E-state index is 14.6. The van der Waals surface area contributed by atoms with Crippen LogP contribution in [0.4, 0.5) is 0 Å². The van der Waals surface area contributed by atoms with E-state index in [-0.39, 0.29) is 42.0 Å². The van der Waals surface area contributed by atoms with E-state index in [1.54, 1.807) is 39.0 Å². The number of Topliss-reactive ketones (excluding diaryl/α,β-unsaturated/α-hetero) is 1. The monoisotopic (exact) mass is 530 g/mol. The Kier molecular flexibility index (Phi) is 7.02. The number of hydrogen-bond donors (Lipinski definition) is 2. The first-order valence-corrected chi connectivity index (χ1v) is 13.1. The van der Waals surface area contributed by atoms with Crippen molar-refractivity contribution in [1.82, 2.24) is 0 Å². The molecule has 4 aliphatic rings. The number of hydrogen-bond acceptors (Lipinski definition) is 9. The third-order valence-corrected chi connectivity index (χ3v) is 9.52. The Hall–Kier alpha value is -2.78. The van der Waals surface area contributed by atoms with Gasteiger partial charge in [0, 0.05) is 36.3 Å². The van der Waals surface area contributed by atoms with Crippen LogP contribution in [0.5, 0.6) is 0 Å². The average molecular weight is 531 g/mol. The summed E-state index contributed by atoms with van der Waals surface area (Å²) < 4.78 is 16.6. The number of ketones is 1. The summed E-state index contributed by atoms with van der Waals surface area (Å²) >= 11 is 0. The lowest BCUT2D eigenvalue weighted by molar-refractivity contribution is -0.202. The van der Waals surface area contributed by atoms with Crippen LogP contribution in [0.15, 0.2) is 34.9 Å². The molecule has 0 aromatic heterocycles. The van der Waals surface area contributed by atoms with Crippen molar-refractivity contribution in [3.8, 4) is 0 Å². The molecule has 0 aliphatic heterocycles. The number of fused-ring (bicyclic) bond motifs is 3. The SMILES string of the molecule is C/C=C(/C)C(=O)O[C@@H]1C(COC(C)=O)=C[C@@H]2C(=O)[C@]3(C=C(C)[C@H](O)[C@@]13O)[C@H](C)C[C@@H]1[C@H]2[C@]1(C)COC(C)=O. The molecule has 2 saturated carbocycles. The molecule has 1 spiro atoms. The normalized spacial score (nSPS) is 41.5. The molecule has 0 saturated heterocycles. The first kappa shape index (κ1) is 28.2. The van der Waals surface area contributed by atoms with Crippen molar-refractivity contribution >= 4 is 23.7 Å². The summed E-state index contributed by atoms with van der Waals surface area (Å²) in [5.74, 6) is -3.40. The van der Waals surface area contributed by atoms with E-state index >= 15 is 0 Å². The molecule has 208 valence electrons. The van der Waals surface area contributed by atoms with Crippen LogP contribution in [0, 0.1) is 34.5 Å². The van der Waals surface area contributed by atoms with Gasteiger partial charge in [0.1, 0.15) is 12.7 Å². The van der Waals surface area contributed by atoms with Gasteiger partial charge in [-0.25, -0.2) is 4.79 Å². The molecule has 0 heterocycles. The van der Waals surface area contributed by atoms with E-state index < -0.39 is 58.4 Å². The molecular weight excluding hydrogens is 492 g/mol. The zero-order valence-electron chi connectivity index (χ0n) is 23.1. The minimum atomic E-state index is -2.22. The van der Waals surface area contributed by atoms with Gasteiger partial charge in [-0.05, 0) is 50.5 Å². The van der Waals surface area contributed by atoms with Crippen LogP contribution in [0.2, 0.25) is 0 Å². The van der Waals surface area contributed by atoms with Gasteiger partial charge in [0.05, 0.1) is 12.0 Å². The maximum absolute atomic E-state index is 14.6. The van der Waals surface area contributed by atoms with Crippen molar-refractivity contribution in [2.45, 2.75) is 72.7 Å². The number of ether oxygens (including phenoxy) is 3. The summed E-state index contributed by atoms with van der Waals surface area (Å²) in [5, 5.41) is 24.0. The molecule has 38 heavy (non-hydrogen) atoms. The molecule has 4 rings (SSSR count). The lowest BCUT2D eigenvalue weighted by Crippen LogP contribution is -2.66. The van der Waals surface area contributed by atoms with Crippen molar-refractivity contribution in [2.75, 3.05) is 13.2 Å². The largest absolute Gasteiger partial charge is 0.465 e. The molecule has 9 atom stereocenters. The number of rotatable bonds is 6. The average Bonchev–Trinajstić information content (AvgIpc) is 3.40. The molecule has 2 bridgehead atoms. The summed E-state index contributed by atoms with van der Waals surface area (Å²) in [4.78, 5) is 51.0. The standard InChI is InChI=1S/C29H38O9/c1-8-14(2)26(34)38-25-19(12-36-17(5)30)10-20-22-21(27(22,7)13-37-18(6)31)9-16(4)28(24(20)33)11-15(3)23(32)29(25,28)35/h8,10-11,16,20-23,25,32,35H,9,12-13H2,1-7H3/b14-8-/t16-,20+,21-,22+,23+,25-,27-,28+,29-/m1/s1. The minimum Gasteiger partial charge on any atom is -0.465 e. The molecule has 9 nitrogen and oxygen atoms in total. The molecule has 0 amide bonds. The first-order valence-electron chi connectivity index (χ1n) is 13.1. The van der Waals surface area contributed by atoms with Crippen molar-refractivity contribution < 1.29 is 43.6 Å². The number of carbonyl (C=O) groups is 4. The lowest BCUT2D eigenvalue weighted by atomic mass is 9.59. The second kappa shape index (κ2) is 9.45. The van der Waals surface area contributed by atoms with Gasteiger partial charge in [0.25, 0.3) is 0 Å². The Morgan fingerprint density at radius 3 is 2.37 bits per heavy atom. The fourth-order valence-electron chi connectivity index (χ4n) is 7.35. The molecule has 0 aromatic carbocycles. The number of carbonyl (C=O) groups excluding carboxylic acids is 4. The highest BCUT2D eigenvalue weighted by Crippen LogP contribution is 2.72. The summed E-state index contributed by atoms with van der Waals surface area (Å²) in [6.45, 7) is 11.1. The van der Waals surface area contributed by atoms with Gasteiger partial charge in [-0.15, -0.1) is 0 Å². The van der Waals surface area contributed by atoms with Crippen molar-refractivity contribution in [2.24, 2.45) is 34.5 Å². The Morgan fingerprint density at radius 1 is 1.16 bits per heavy atom. The van der Waals surface area contributed by atoms with E-state index in [2.05, 4.69) is 0 Å². The molecule has 0 unspecified atom stereocenters. The van der Waals surface area contributed by atoms with Gasteiger partial charge in [0.2, 0.25) is 0 Å². The Balaban J connectivity index is 1.93. The Bertz CT molecular complexity index is 1160. The van der Waals surface area contributed by atoms with E-state index in [4.69, 9.17) is 14.2 Å².